The SMILES string of the molecule is Nc1cc(N)c2c(c1N)CCCC2. The average Bonchev–Trinajstić information content (AvgIpc) is 2.15. The molecule has 0 aromatic heterocycles. The Morgan fingerprint density at radius 3 is 2.15 bits per heavy atom. The summed E-state index contributed by atoms with van der Waals surface area (Å²) in [5, 5.41) is 0. The van der Waals surface area contributed by atoms with Gasteiger partial charge in [-0.2, -0.15) is 0 Å². The van der Waals surface area contributed by atoms with E-state index in [-0.39, 0.29) is 0 Å². The van der Waals surface area contributed by atoms with Gasteiger partial charge in [-0.15, -0.1) is 0 Å². The molecule has 0 unspecified atom stereocenters. The van der Waals surface area contributed by atoms with Gasteiger partial charge in [0.05, 0.1) is 11.4 Å². The molecule has 3 nitrogen and oxygen atoms in total. The second kappa shape index (κ2) is 2.83. The van der Waals surface area contributed by atoms with Crippen LogP contribution in [0.1, 0.15) is 24.0 Å². The van der Waals surface area contributed by atoms with Crippen LogP contribution in [0.5, 0.6) is 0 Å². The lowest BCUT2D eigenvalue weighted by molar-refractivity contribution is 0.689. The molecule has 3 heteroatoms. The number of fused-ring (bicyclic) bond motifs is 1. The molecular weight excluding hydrogens is 162 g/mol. The fourth-order valence-electron chi connectivity index (χ4n) is 2.03. The summed E-state index contributed by atoms with van der Waals surface area (Å²) in [6.45, 7) is 0. The van der Waals surface area contributed by atoms with Gasteiger partial charge >= 0.3 is 0 Å². The van der Waals surface area contributed by atoms with Gasteiger partial charge in [0.25, 0.3) is 0 Å². The molecule has 0 saturated carbocycles. The number of hydrogen-bond donors (Lipinski definition) is 3. The van der Waals surface area contributed by atoms with E-state index in [0.717, 1.165) is 24.2 Å². The second-order valence-corrected chi connectivity index (χ2v) is 3.63. The van der Waals surface area contributed by atoms with E-state index in [1.807, 2.05) is 0 Å². The fourth-order valence-corrected chi connectivity index (χ4v) is 2.03. The highest BCUT2D eigenvalue weighted by atomic mass is 14.7. The van der Waals surface area contributed by atoms with Crippen LogP contribution in [0.2, 0.25) is 0 Å². The van der Waals surface area contributed by atoms with E-state index >= 15 is 0 Å². The molecule has 1 aliphatic rings. The van der Waals surface area contributed by atoms with Crippen molar-refractivity contribution in [2.75, 3.05) is 17.2 Å². The lowest BCUT2D eigenvalue weighted by Crippen LogP contribution is -2.11. The van der Waals surface area contributed by atoms with Crippen molar-refractivity contribution >= 4 is 17.1 Å². The molecule has 1 aromatic rings. The first-order valence-electron chi connectivity index (χ1n) is 4.65. The third kappa shape index (κ3) is 1.20. The van der Waals surface area contributed by atoms with Crippen molar-refractivity contribution < 1.29 is 0 Å². The standard InChI is InChI=1S/C10H15N3/c11-8-5-9(12)10(13)7-4-2-1-3-6(7)8/h5H,1-4,11-13H2. The van der Waals surface area contributed by atoms with E-state index in [1.165, 1.54) is 24.0 Å². The Bertz CT molecular complexity index is 345. The summed E-state index contributed by atoms with van der Waals surface area (Å²) in [7, 11) is 0. The van der Waals surface area contributed by atoms with Crippen LogP contribution in [-0.4, -0.2) is 0 Å². The van der Waals surface area contributed by atoms with Gasteiger partial charge < -0.3 is 17.2 Å². The van der Waals surface area contributed by atoms with E-state index in [0.29, 0.717) is 5.69 Å². The molecule has 0 amide bonds. The zero-order valence-electron chi connectivity index (χ0n) is 7.64. The predicted octanol–water partition coefficient (Wildman–Crippen LogP) is 1.31. The third-order valence-corrected chi connectivity index (χ3v) is 2.76. The molecule has 0 radical (unpaired) electrons. The average molecular weight is 177 g/mol. The molecule has 1 aromatic carbocycles. The van der Waals surface area contributed by atoms with Crippen LogP contribution in [0.25, 0.3) is 0 Å². The van der Waals surface area contributed by atoms with E-state index in [2.05, 4.69) is 0 Å². The van der Waals surface area contributed by atoms with Gasteiger partial charge in [0.15, 0.2) is 0 Å². The number of nitrogens with two attached hydrogens (primary N) is 3. The van der Waals surface area contributed by atoms with Crippen molar-refractivity contribution in [1.29, 1.82) is 0 Å². The minimum absolute atomic E-state index is 0.623. The maximum absolute atomic E-state index is 5.89. The van der Waals surface area contributed by atoms with Crippen molar-refractivity contribution in [2.45, 2.75) is 25.7 Å². The molecule has 2 rings (SSSR count). The van der Waals surface area contributed by atoms with Crippen molar-refractivity contribution in [3.63, 3.8) is 0 Å². The largest absolute Gasteiger partial charge is 0.398 e. The highest BCUT2D eigenvalue weighted by Gasteiger charge is 2.16. The Labute approximate surface area is 77.9 Å². The van der Waals surface area contributed by atoms with E-state index in [4.69, 9.17) is 17.2 Å². The van der Waals surface area contributed by atoms with Crippen LogP contribution in [0.3, 0.4) is 0 Å². The summed E-state index contributed by atoms with van der Waals surface area (Å²) >= 11 is 0. The number of hydrogen-bond acceptors (Lipinski definition) is 3. The van der Waals surface area contributed by atoms with Crippen LogP contribution < -0.4 is 17.2 Å². The van der Waals surface area contributed by atoms with Crippen LogP contribution in [0.15, 0.2) is 6.07 Å². The van der Waals surface area contributed by atoms with Crippen molar-refractivity contribution in [3.05, 3.63) is 17.2 Å². The molecule has 70 valence electrons. The predicted molar refractivity (Wildman–Crippen MR) is 56.3 cm³/mol. The molecule has 0 aliphatic heterocycles. The van der Waals surface area contributed by atoms with Crippen molar-refractivity contribution in [2.24, 2.45) is 0 Å². The normalized spacial score (nSPS) is 15.4. The van der Waals surface area contributed by atoms with Crippen LogP contribution >= 0.6 is 0 Å². The first-order valence-corrected chi connectivity index (χ1v) is 4.65. The smallest absolute Gasteiger partial charge is 0.0584 e. The number of anilines is 3. The molecule has 0 heterocycles. The van der Waals surface area contributed by atoms with Gasteiger partial charge in [-0.1, -0.05) is 0 Å². The number of rotatable bonds is 0. The summed E-state index contributed by atoms with van der Waals surface area (Å²) in [6.07, 6.45) is 4.47. The van der Waals surface area contributed by atoms with Gasteiger partial charge in [-0.3, -0.25) is 0 Å². The highest BCUT2D eigenvalue weighted by molar-refractivity contribution is 5.76. The molecule has 0 fully saturated rings. The molecule has 1 aliphatic carbocycles. The molecule has 0 saturated heterocycles. The molecule has 13 heavy (non-hydrogen) atoms. The molecule has 6 N–H and O–H groups in total. The van der Waals surface area contributed by atoms with Crippen molar-refractivity contribution in [3.8, 4) is 0 Å². The van der Waals surface area contributed by atoms with Gasteiger partial charge in [-0.25, -0.2) is 0 Å². The Morgan fingerprint density at radius 1 is 0.846 bits per heavy atom. The van der Waals surface area contributed by atoms with E-state index in [9.17, 15) is 0 Å². The maximum Gasteiger partial charge on any atom is 0.0584 e. The minimum atomic E-state index is 0.623. The summed E-state index contributed by atoms with van der Waals surface area (Å²) in [6, 6.07) is 1.78. The Morgan fingerprint density at radius 2 is 1.46 bits per heavy atom. The molecule has 0 spiro atoms. The van der Waals surface area contributed by atoms with Gasteiger partial charge in [0, 0.05) is 5.69 Å². The summed E-state index contributed by atoms with van der Waals surface area (Å²) in [4.78, 5) is 0. The van der Waals surface area contributed by atoms with Crippen LogP contribution in [0, 0.1) is 0 Å². The second-order valence-electron chi connectivity index (χ2n) is 3.63. The lowest BCUT2D eigenvalue weighted by Gasteiger charge is -2.20. The highest BCUT2D eigenvalue weighted by Crippen LogP contribution is 2.34. The third-order valence-electron chi connectivity index (χ3n) is 2.76. The summed E-state index contributed by atoms with van der Waals surface area (Å²) in [5.74, 6) is 0. The van der Waals surface area contributed by atoms with Gasteiger partial charge in [0.1, 0.15) is 0 Å². The van der Waals surface area contributed by atoms with Crippen LogP contribution in [0.4, 0.5) is 17.1 Å². The Kier molecular flexibility index (Phi) is 1.79. The lowest BCUT2D eigenvalue weighted by atomic mass is 9.89. The molecule has 0 atom stereocenters. The van der Waals surface area contributed by atoms with E-state index < -0.39 is 0 Å². The first-order chi connectivity index (χ1) is 6.20. The topological polar surface area (TPSA) is 78.1 Å². The maximum atomic E-state index is 5.89. The first kappa shape index (κ1) is 8.23. The summed E-state index contributed by atoms with van der Waals surface area (Å²) < 4.78 is 0. The Balaban J connectivity index is 2.63. The van der Waals surface area contributed by atoms with Gasteiger partial charge in [0.2, 0.25) is 0 Å². The summed E-state index contributed by atoms with van der Waals surface area (Å²) in [5.41, 5.74) is 22.1. The monoisotopic (exact) mass is 177 g/mol. The quantitative estimate of drug-likeness (QED) is 0.523. The van der Waals surface area contributed by atoms with Crippen LogP contribution in [-0.2, 0) is 12.8 Å². The number of nitrogen functional groups attached to an aromatic ring is 3. The fraction of sp³-hybridized carbons (Fsp3) is 0.400. The molecular formula is C10H15N3. The minimum Gasteiger partial charge on any atom is -0.398 e. The zero-order chi connectivity index (χ0) is 9.42. The molecule has 0 bridgehead atoms. The Hall–Kier alpha value is -1.38. The van der Waals surface area contributed by atoms with E-state index in [1.54, 1.807) is 6.07 Å². The zero-order valence-corrected chi connectivity index (χ0v) is 7.64. The number of benzene rings is 1. The van der Waals surface area contributed by atoms with Crippen molar-refractivity contribution in [1.82, 2.24) is 0 Å². The van der Waals surface area contributed by atoms with Gasteiger partial charge in [-0.05, 0) is 42.9 Å².